The van der Waals surface area contributed by atoms with E-state index in [-0.39, 0.29) is 24.5 Å². The van der Waals surface area contributed by atoms with Crippen molar-refractivity contribution in [3.63, 3.8) is 0 Å². The summed E-state index contributed by atoms with van der Waals surface area (Å²) in [6.45, 7) is 4.34. The molecule has 2 aromatic carbocycles. The largest absolute Gasteiger partial charge is 0.444 e. The summed E-state index contributed by atoms with van der Waals surface area (Å²) in [5.41, 5.74) is 1.88. The van der Waals surface area contributed by atoms with Crippen molar-refractivity contribution in [1.82, 2.24) is 4.90 Å². The average molecular weight is 337 g/mol. The van der Waals surface area contributed by atoms with Gasteiger partial charge in [-0.25, -0.2) is 9.69 Å². The third-order valence-corrected chi connectivity index (χ3v) is 4.76. The second-order valence-corrected chi connectivity index (χ2v) is 6.77. The number of benzene rings is 2. The molecule has 0 N–H and O–H groups in total. The van der Waals surface area contributed by atoms with Crippen molar-refractivity contribution in [3.8, 4) is 0 Å². The van der Waals surface area contributed by atoms with Crippen LogP contribution in [0.5, 0.6) is 0 Å². The molecule has 1 heterocycles. The van der Waals surface area contributed by atoms with Gasteiger partial charge in [0.25, 0.3) is 0 Å². The van der Waals surface area contributed by atoms with Gasteiger partial charge in [-0.05, 0) is 23.0 Å². The van der Waals surface area contributed by atoms with Crippen LogP contribution in [-0.4, -0.2) is 16.9 Å². The van der Waals surface area contributed by atoms with Crippen molar-refractivity contribution < 1.29 is 14.3 Å². The topological polar surface area (TPSA) is 46.6 Å². The van der Waals surface area contributed by atoms with Gasteiger partial charge in [-0.2, -0.15) is 0 Å². The van der Waals surface area contributed by atoms with E-state index in [1.807, 2.05) is 60.7 Å². The predicted molar refractivity (Wildman–Crippen MR) is 95.6 cm³/mol. The summed E-state index contributed by atoms with van der Waals surface area (Å²) >= 11 is 0. The number of carbonyl (C=O) groups excluding carboxylic acids is 2. The number of amides is 2. The van der Waals surface area contributed by atoms with Gasteiger partial charge in [0.15, 0.2) is 0 Å². The van der Waals surface area contributed by atoms with Gasteiger partial charge >= 0.3 is 6.09 Å². The second kappa shape index (κ2) is 7.51. The van der Waals surface area contributed by atoms with Crippen LogP contribution in [0.15, 0.2) is 60.7 Å². The highest BCUT2D eigenvalue weighted by Gasteiger charge is 2.45. The fraction of sp³-hybridized carbons (Fsp3) is 0.333. The smallest absolute Gasteiger partial charge is 0.417 e. The fourth-order valence-corrected chi connectivity index (χ4v) is 3.41. The lowest BCUT2D eigenvalue weighted by Crippen LogP contribution is -2.36. The van der Waals surface area contributed by atoms with E-state index in [0.717, 1.165) is 11.1 Å². The quantitative estimate of drug-likeness (QED) is 0.821. The van der Waals surface area contributed by atoms with E-state index in [1.54, 1.807) is 0 Å². The van der Waals surface area contributed by atoms with E-state index >= 15 is 0 Å². The number of hydrogen-bond donors (Lipinski definition) is 0. The molecule has 0 radical (unpaired) electrons. The number of imide groups is 1. The lowest BCUT2D eigenvalue weighted by Gasteiger charge is -2.28. The van der Waals surface area contributed by atoms with Crippen LogP contribution < -0.4 is 0 Å². The Hall–Kier alpha value is -2.62. The molecule has 1 saturated heterocycles. The van der Waals surface area contributed by atoms with Crippen molar-refractivity contribution in [1.29, 1.82) is 0 Å². The standard InChI is InChI=1S/C21H23NO3/c1-15(2)18-13-19(23)22(20(18)17-11-7-4-8-12-17)21(24)25-14-16-9-5-3-6-10-16/h3-12,15,18,20H,13-14H2,1-2H3/t18-,20-/m0/s1. The lowest BCUT2D eigenvalue weighted by molar-refractivity contribution is -0.127. The first-order chi connectivity index (χ1) is 12.1. The summed E-state index contributed by atoms with van der Waals surface area (Å²) in [5, 5.41) is 0. The highest BCUT2D eigenvalue weighted by molar-refractivity contribution is 5.94. The van der Waals surface area contributed by atoms with Crippen LogP contribution in [0.2, 0.25) is 0 Å². The maximum Gasteiger partial charge on any atom is 0.417 e. The minimum Gasteiger partial charge on any atom is -0.444 e. The minimum absolute atomic E-state index is 0.0965. The molecule has 0 aromatic heterocycles. The molecule has 25 heavy (non-hydrogen) atoms. The first-order valence-corrected chi connectivity index (χ1v) is 8.65. The van der Waals surface area contributed by atoms with Crippen molar-refractivity contribution in [2.45, 2.75) is 32.9 Å². The number of carbonyl (C=O) groups is 2. The van der Waals surface area contributed by atoms with Crippen LogP contribution in [0.1, 0.15) is 37.4 Å². The monoisotopic (exact) mass is 337 g/mol. The van der Waals surface area contributed by atoms with Crippen LogP contribution in [0.25, 0.3) is 0 Å². The molecule has 3 rings (SSSR count). The third kappa shape index (κ3) is 3.73. The molecular weight excluding hydrogens is 314 g/mol. The Kier molecular flexibility index (Phi) is 5.17. The van der Waals surface area contributed by atoms with Gasteiger partial charge in [-0.15, -0.1) is 0 Å². The van der Waals surface area contributed by atoms with Gasteiger partial charge in [-0.3, -0.25) is 4.79 Å². The first kappa shape index (κ1) is 17.2. The summed E-state index contributed by atoms with van der Waals surface area (Å²) in [7, 11) is 0. The summed E-state index contributed by atoms with van der Waals surface area (Å²) in [5.74, 6) is 0.228. The van der Waals surface area contributed by atoms with Gasteiger partial charge in [-0.1, -0.05) is 74.5 Å². The molecule has 0 spiro atoms. The number of ether oxygens (including phenoxy) is 1. The maximum atomic E-state index is 12.7. The molecule has 0 saturated carbocycles. The molecule has 0 unspecified atom stereocenters. The lowest BCUT2D eigenvalue weighted by atomic mass is 9.85. The normalized spacial score (nSPS) is 20.1. The van der Waals surface area contributed by atoms with E-state index in [0.29, 0.717) is 12.3 Å². The van der Waals surface area contributed by atoms with Crippen LogP contribution >= 0.6 is 0 Å². The molecule has 1 aliphatic rings. The molecule has 2 amide bonds. The number of hydrogen-bond acceptors (Lipinski definition) is 3. The minimum atomic E-state index is -0.564. The van der Waals surface area contributed by atoms with E-state index in [1.165, 1.54) is 4.90 Å². The van der Waals surface area contributed by atoms with Crippen molar-refractivity contribution in [2.75, 3.05) is 0 Å². The van der Waals surface area contributed by atoms with E-state index in [4.69, 9.17) is 4.74 Å². The van der Waals surface area contributed by atoms with Gasteiger partial charge in [0.2, 0.25) is 5.91 Å². The average Bonchev–Trinajstić information content (AvgIpc) is 2.99. The van der Waals surface area contributed by atoms with E-state index in [2.05, 4.69) is 13.8 Å². The Morgan fingerprint density at radius 1 is 1.08 bits per heavy atom. The summed E-state index contributed by atoms with van der Waals surface area (Å²) < 4.78 is 5.43. The van der Waals surface area contributed by atoms with Crippen molar-refractivity contribution in [2.24, 2.45) is 11.8 Å². The van der Waals surface area contributed by atoms with Gasteiger partial charge in [0.1, 0.15) is 6.61 Å². The number of rotatable bonds is 4. The summed E-state index contributed by atoms with van der Waals surface area (Å²) in [6.07, 6.45) is -0.191. The van der Waals surface area contributed by atoms with Crippen LogP contribution in [0, 0.1) is 11.8 Å². The molecule has 130 valence electrons. The second-order valence-electron chi connectivity index (χ2n) is 6.77. The summed E-state index contributed by atoms with van der Waals surface area (Å²) in [4.78, 5) is 26.5. The van der Waals surface area contributed by atoms with Gasteiger partial charge in [0, 0.05) is 6.42 Å². The highest BCUT2D eigenvalue weighted by atomic mass is 16.6. The summed E-state index contributed by atoms with van der Waals surface area (Å²) in [6, 6.07) is 19.0. The highest BCUT2D eigenvalue weighted by Crippen LogP contribution is 2.42. The SMILES string of the molecule is CC(C)[C@@H]1CC(=O)N(C(=O)OCc2ccccc2)[C@H]1c1ccccc1. The first-order valence-electron chi connectivity index (χ1n) is 8.65. The fourth-order valence-electron chi connectivity index (χ4n) is 3.41. The predicted octanol–water partition coefficient (Wildman–Crippen LogP) is 4.57. The van der Waals surface area contributed by atoms with Gasteiger partial charge in [0.05, 0.1) is 6.04 Å². The van der Waals surface area contributed by atoms with Crippen LogP contribution in [-0.2, 0) is 16.1 Å². The molecule has 4 nitrogen and oxygen atoms in total. The molecule has 1 aliphatic heterocycles. The van der Waals surface area contributed by atoms with Crippen LogP contribution in [0.3, 0.4) is 0 Å². The molecule has 0 bridgehead atoms. The number of likely N-dealkylation sites (tertiary alicyclic amines) is 1. The van der Waals surface area contributed by atoms with E-state index in [9.17, 15) is 9.59 Å². The molecule has 1 fully saturated rings. The van der Waals surface area contributed by atoms with Crippen molar-refractivity contribution >= 4 is 12.0 Å². The molecular formula is C21H23NO3. The Morgan fingerprint density at radius 2 is 1.68 bits per heavy atom. The third-order valence-electron chi connectivity index (χ3n) is 4.76. The molecule has 2 aromatic rings. The molecule has 4 heteroatoms. The van der Waals surface area contributed by atoms with Crippen molar-refractivity contribution in [3.05, 3.63) is 71.8 Å². The van der Waals surface area contributed by atoms with Gasteiger partial charge < -0.3 is 4.74 Å². The Morgan fingerprint density at radius 3 is 2.28 bits per heavy atom. The molecule has 0 aliphatic carbocycles. The Balaban J connectivity index is 1.81. The molecule has 2 atom stereocenters. The number of nitrogens with zero attached hydrogens (tertiary/aromatic N) is 1. The Labute approximate surface area is 148 Å². The maximum absolute atomic E-state index is 12.7. The zero-order valence-electron chi connectivity index (χ0n) is 14.6. The Bertz CT molecular complexity index is 727. The van der Waals surface area contributed by atoms with E-state index < -0.39 is 6.09 Å². The zero-order chi connectivity index (χ0) is 17.8. The van der Waals surface area contributed by atoms with Crippen LogP contribution in [0.4, 0.5) is 4.79 Å². The zero-order valence-corrected chi connectivity index (χ0v) is 14.6.